The summed E-state index contributed by atoms with van der Waals surface area (Å²) in [7, 11) is 0. The fraction of sp³-hybridized carbons (Fsp3) is 0.600. The molecule has 3 fully saturated rings. The number of amides is 1. The number of carboxylic acid groups (broad SMARTS) is 1. The van der Waals surface area contributed by atoms with Crippen molar-refractivity contribution in [3.8, 4) is 0 Å². The number of carboxylic acids is 1. The van der Waals surface area contributed by atoms with E-state index < -0.39 is 12.1 Å². The van der Waals surface area contributed by atoms with Crippen LogP contribution in [-0.2, 0) is 25.6 Å². The van der Waals surface area contributed by atoms with Crippen molar-refractivity contribution in [2.45, 2.75) is 31.3 Å². The largest absolute Gasteiger partial charge is 0.490 e. The molecule has 0 aliphatic carbocycles. The van der Waals surface area contributed by atoms with Gasteiger partial charge in [-0.05, 0) is 24.1 Å². The zero-order valence-corrected chi connectivity index (χ0v) is 17.4. The summed E-state index contributed by atoms with van der Waals surface area (Å²) >= 11 is 5.95. The second-order valence-electron chi connectivity index (χ2n) is 7.70. The Bertz CT molecular complexity index is 771. The molecule has 3 aliphatic heterocycles. The van der Waals surface area contributed by atoms with Crippen molar-refractivity contribution in [1.29, 1.82) is 0 Å². The summed E-state index contributed by atoms with van der Waals surface area (Å²) in [6.07, 6.45) is -4.05. The highest BCUT2D eigenvalue weighted by atomic mass is 35.5. The molecular formula is C20H24ClF3N2O5. The minimum absolute atomic E-state index is 0.00307. The lowest BCUT2D eigenvalue weighted by atomic mass is 9.98. The van der Waals surface area contributed by atoms with Crippen molar-refractivity contribution < 1.29 is 37.3 Å². The van der Waals surface area contributed by atoms with E-state index in [9.17, 15) is 18.0 Å². The first-order valence-corrected chi connectivity index (χ1v) is 10.3. The number of benzene rings is 1. The lowest BCUT2D eigenvalue weighted by Gasteiger charge is -2.34. The van der Waals surface area contributed by atoms with Crippen LogP contribution in [0.2, 0.25) is 5.02 Å². The maximum absolute atomic E-state index is 12.8. The van der Waals surface area contributed by atoms with Crippen LogP contribution in [0.15, 0.2) is 24.3 Å². The molecule has 0 aromatic heterocycles. The summed E-state index contributed by atoms with van der Waals surface area (Å²) in [6.45, 7) is 5.31. The second-order valence-corrected chi connectivity index (χ2v) is 8.14. The summed E-state index contributed by atoms with van der Waals surface area (Å²) in [6, 6.07) is 7.99. The van der Waals surface area contributed by atoms with Crippen LogP contribution < -0.4 is 0 Å². The van der Waals surface area contributed by atoms with Gasteiger partial charge in [0.25, 0.3) is 0 Å². The first-order chi connectivity index (χ1) is 14.6. The average Bonchev–Trinajstić information content (AvgIpc) is 3.03. The molecule has 2 bridgehead atoms. The molecule has 3 heterocycles. The number of alkyl halides is 3. The van der Waals surface area contributed by atoms with Crippen molar-refractivity contribution >= 4 is 23.5 Å². The Morgan fingerprint density at radius 3 is 2.32 bits per heavy atom. The number of carbonyl (C=O) groups is 2. The number of hydrogen-bond donors (Lipinski definition) is 1. The Morgan fingerprint density at radius 2 is 1.74 bits per heavy atom. The van der Waals surface area contributed by atoms with Crippen molar-refractivity contribution in [3.63, 3.8) is 0 Å². The Balaban J connectivity index is 0.000000339. The smallest absolute Gasteiger partial charge is 0.475 e. The Labute approximate surface area is 182 Å². The fourth-order valence-corrected chi connectivity index (χ4v) is 4.12. The number of fused-ring (bicyclic) bond motifs is 2. The lowest BCUT2D eigenvalue weighted by molar-refractivity contribution is -0.192. The molecule has 1 amide bonds. The molecule has 3 unspecified atom stereocenters. The quantitative estimate of drug-likeness (QED) is 0.740. The maximum Gasteiger partial charge on any atom is 0.490 e. The van der Waals surface area contributed by atoms with E-state index in [2.05, 4.69) is 17.0 Å². The van der Waals surface area contributed by atoms with Gasteiger partial charge in [0.1, 0.15) is 0 Å². The molecule has 3 aliphatic rings. The van der Waals surface area contributed by atoms with E-state index in [0.717, 1.165) is 31.1 Å². The van der Waals surface area contributed by atoms with Gasteiger partial charge < -0.3 is 19.5 Å². The Morgan fingerprint density at radius 1 is 1.13 bits per heavy atom. The second kappa shape index (κ2) is 10.2. The molecule has 0 saturated carbocycles. The van der Waals surface area contributed by atoms with Gasteiger partial charge in [-0.1, -0.05) is 23.7 Å². The van der Waals surface area contributed by atoms with Gasteiger partial charge in [0.15, 0.2) is 0 Å². The van der Waals surface area contributed by atoms with Gasteiger partial charge in [0.05, 0.1) is 31.3 Å². The normalized spacial score (nSPS) is 26.2. The van der Waals surface area contributed by atoms with Crippen molar-refractivity contribution in [3.05, 3.63) is 34.9 Å². The highest BCUT2D eigenvalue weighted by molar-refractivity contribution is 6.30. The highest BCUT2D eigenvalue weighted by Gasteiger charge is 2.45. The number of hydrogen-bond acceptors (Lipinski definition) is 5. The number of ether oxygens (including phenoxy) is 2. The van der Waals surface area contributed by atoms with Gasteiger partial charge in [-0.25, -0.2) is 4.79 Å². The molecule has 1 aromatic rings. The van der Waals surface area contributed by atoms with E-state index in [-0.39, 0.29) is 24.0 Å². The van der Waals surface area contributed by atoms with Gasteiger partial charge >= 0.3 is 12.1 Å². The van der Waals surface area contributed by atoms with Crippen molar-refractivity contribution in [2.24, 2.45) is 5.92 Å². The van der Waals surface area contributed by atoms with Gasteiger partial charge in [-0.2, -0.15) is 13.2 Å². The lowest BCUT2D eigenvalue weighted by Crippen LogP contribution is -2.48. The summed E-state index contributed by atoms with van der Waals surface area (Å²) in [5.74, 6) is -2.50. The van der Waals surface area contributed by atoms with E-state index in [4.69, 9.17) is 31.0 Å². The van der Waals surface area contributed by atoms with Crippen LogP contribution in [0.1, 0.15) is 12.0 Å². The van der Waals surface area contributed by atoms with Crippen LogP contribution in [0.4, 0.5) is 13.2 Å². The topological polar surface area (TPSA) is 79.3 Å². The fourth-order valence-electron chi connectivity index (χ4n) is 3.99. The molecular weight excluding hydrogens is 441 g/mol. The number of rotatable bonds is 3. The molecule has 172 valence electrons. The standard InChI is InChI=1S/C18H23ClN2O3.C2HF3O2/c19-14-3-1-13(2-4-14)10-20-11-15-9-16(17(12-20)24-15)18(22)21-5-7-23-8-6-21;3-2(4,5)1(6)7/h1-4,15-17H,5-12H2;(H,6,7). The summed E-state index contributed by atoms with van der Waals surface area (Å²) < 4.78 is 43.2. The van der Waals surface area contributed by atoms with Crippen LogP contribution in [0, 0.1) is 5.92 Å². The number of likely N-dealkylation sites (tertiary alicyclic amines) is 1. The van der Waals surface area contributed by atoms with Gasteiger partial charge in [0, 0.05) is 37.7 Å². The van der Waals surface area contributed by atoms with Crippen molar-refractivity contribution in [1.82, 2.24) is 9.80 Å². The van der Waals surface area contributed by atoms with E-state index in [1.165, 1.54) is 5.56 Å². The van der Waals surface area contributed by atoms with E-state index in [0.29, 0.717) is 26.3 Å². The minimum Gasteiger partial charge on any atom is -0.475 e. The third-order valence-electron chi connectivity index (χ3n) is 5.43. The predicted molar refractivity (Wildman–Crippen MR) is 105 cm³/mol. The van der Waals surface area contributed by atoms with Crippen LogP contribution in [0.25, 0.3) is 0 Å². The molecule has 3 saturated heterocycles. The number of carbonyl (C=O) groups excluding carboxylic acids is 1. The molecule has 0 radical (unpaired) electrons. The zero-order valence-electron chi connectivity index (χ0n) is 16.7. The number of morpholine rings is 2. The third-order valence-corrected chi connectivity index (χ3v) is 5.69. The number of aliphatic carboxylic acids is 1. The maximum atomic E-state index is 12.8. The predicted octanol–water partition coefficient (Wildman–Crippen LogP) is 2.42. The Kier molecular flexibility index (Phi) is 7.79. The summed E-state index contributed by atoms with van der Waals surface area (Å²) in [5, 5.41) is 7.89. The highest BCUT2D eigenvalue weighted by Crippen LogP contribution is 2.34. The number of halogens is 4. The molecule has 4 rings (SSSR count). The van der Waals surface area contributed by atoms with E-state index in [1.807, 2.05) is 17.0 Å². The molecule has 11 heteroatoms. The first-order valence-electron chi connectivity index (χ1n) is 9.92. The monoisotopic (exact) mass is 464 g/mol. The first kappa shape index (κ1) is 23.8. The molecule has 31 heavy (non-hydrogen) atoms. The minimum atomic E-state index is -5.08. The third kappa shape index (κ3) is 6.55. The molecule has 0 spiro atoms. The summed E-state index contributed by atoms with van der Waals surface area (Å²) in [4.78, 5) is 26.0. The van der Waals surface area contributed by atoms with Crippen LogP contribution >= 0.6 is 11.6 Å². The van der Waals surface area contributed by atoms with Crippen LogP contribution in [0.5, 0.6) is 0 Å². The zero-order chi connectivity index (χ0) is 22.6. The van der Waals surface area contributed by atoms with Gasteiger partial charge in [0.2, 0.25) is 5.91 Å². The molecule has 3 atom stereocenters. The molecule has 7 nitrogen and oxygen atoms in total. The van der Waals surface area contributed by atoms with Gasteiger partial charge in [-0.15, -0.1) is 0 Å². The number of nitrogens with zero attached hydrogens (tertiary/aromatic N) is 2. The van der Waals surface area contributed by atoms with Crippen LogP contribution in [0.3, 0.4) is 0 Å². The average molecular weight is 465 g/mol. The van der Waals surface area contributed by atoms with E-state index in [1.54, 1.807) is 0 Å². The van der Waals surface area contributed by atoms with Crippen molar-refractivity contribution in [2.75, 3.05) is 39.4 Å². The SMILES string of the molecule is O=C(C1CC2CN(Cc3ccc(Cl)cc3)CC1O2)N1CCOCC1.O=C(O)C(F)(F)F. The molecule has 1 aromatic carbocycles. The molecule has 1 N–H and O–H groups in total. The van der Waals surface area contributed by atoms with Crippen LogP contribution in [-0.4, -0.2) is 84.6 Å². The Hall–Kier alpha value is -1.88. The summed E-state index contributed by atoms with van der Waals surface area (Å²) in [5.41, 5.74) is 1.25. The van der Waals surface area contributed by atoms with E-state index >= 15 is 0 Å². The van der Waals surface area contributed by atoms with Gasteiger partial charge in [-0.3, -0.25) is 9.69 Å².